The van der Waals surface area contributed by atoms with Crippen LogP contribution < -0.4 is 16.4 Å². The number of nitrogens with two attached hydrogens (primary N) is 1. The van der Waals surface area contributed by atoms with E-state index >= 15 is 0 Å². The molecule has 0 radical (unpaired) electrons. The molecule has 1 aromatic carbocycles. The number of benzene rings is 1. The average molecular weight is 313 g/mol. The Hall–Kier alpha value is -2.93. The van der Waals surface area contributed by atoms with Gasteiger partial charge >= 0.3 is 0 Å². The first-order chi connectivity index (χ1) is 10.5. The van der Waals surface area contributed by atoms with Gasteiger partial charge in [-0.05, 0) is 42.6 Å². The van der Waals surface area contributed by atoms with Crippen molar-refractivity contribution in [3.05, 3.63) is 47.7 Å². The SMILES string of the molecule is Nc1cccc(-c2ccc(C=C3C(=O)NC(=S)NC3=O)o2)c1. The molecule has 1 aliphatic rings. The van der Waals surface area contributed by atoms with E-state index in [2.05, 4.69) is 10.6 Å². The molecule has 0 saturated carbocycles. The monoisotopic (exact) mass is 313 g/mol. The summed E-state index contributed by atoms with van der Waals surface area (Å²) in [5.74, 6) is -0.150. The molecule has 22 heavy (non-hydrogen) atoms. The van der Waals surface area contributed by atoms with Crippen molar-refractivity contribution in [2.45, 2.75) is 0 Å². The van der Waals surface area contributed by atoms with Crippen molar-refractivity contribution < 1.29 is 14.0 Å². The summed E-state index contributed by atoms with van der Waals surface area (Å²) in [7, 11) is 0. The van der Waals surface area contributed by atoms with E-state index in [9.17, 15) is 9.59 Å². The molecule has 6 nitrogen and oxygen atoms in total. The Morgan fingerprint density at radius 2 is 1.82 bits per heavy atom. The molecule has 1 fully saturated rings. The van der Waals surface area contributed by atoms with Crippen LogP contribution in [0.15, 0.2) is 46.4 Å². The van der Waals surface area contributed by atoms with Gasteiger partial charge < -0.3 is 10.2 Å². The van der Waals surface area contributed by atoms with Crippen LogP contribution in [-0.4, -0.2) is 16.9 Å². The number of nitrogen functional groups attached to an aromatic ring is 1. The van der Waals surface area contributed by atoms with Gasteiger partial charge in [-0.1, -0.05) is 12.1 Å². The fraction of sp³-hybridized carbons (Fsp3) is 0. The van der Waals surface area contributed by atoms with E-state index in [0.717, 1.165) is 5.56 Å². The van der Waals surface area contributed by atoms with Crippen molar-refractivity contribution in [2.75, 3.05) is 5.73 Å². The van der Waals surface area contributed by atoms with Crippen molar-refractivity contribution in [1.82, 2.24) is 10.6 Å². The molecule has 3 rings (SSSR count). The van der Waals surface area contributed by atoms with E-state index in [0.29, 0.717) is 17.2 Å². The topological polar surface area (TPSA) is 97.4 Å². The van der Waals surface area contributed by atoms with E-state index in [-0.39, 0.29) is 10.7 Å². The molecular weight excluding hydrogens is 302 g/mol. The number of thiocarbonyl (C=S) groups is 1. The number of furan rings is 1. The third kappa shape index (κ3) is 2.75. The summed E-state index contributed by atoms with van der Waals surface area (Å²) in [6.07, 6.45) is 1.36. The first-order valence-corrected chi connectivity index (χ1v) is 6.78. The molecule has 0 atom stereocenters. The summed E-state index contributed by atoms with van der Waals surface area (Å²) in [5, 5.41) is 4.71. The lowest BCUT2D eigenvalue weighted by molar-refractivity contribution is -0.123. The number of carbonyl (C=O) groups is 2. The Balaban J connectivity index is 1.91. The van der Waals surface area contributed by atoms with E-state index in [4.69, 9.17) is 22.4 Å². The van der Waals surface area contributed by atoms with Gasteiger partial charge in [-0.3, -0.25) is 20.2 Å². The zero-order chi connectivity index (χ0) is 15.7. The van der Waals surface area contributed by atoms with Gasteiger partial charge in [-0.25, -0.2) is 0 Å². The Morgan fingerprint density at radius 1 is 1.09 bits per heavy atom. The second-order valence-corrected chi connectivity index (χ2v) is 5.03. The number of anilines is 1. The molecular formula is C15H11N3O3S. The lowest BCUT2D eigenvalue weighted by Gasteiger charge is -2.15. The van der Waals surface area contributed by atoms with Crippen molar-refractivity contribution in [3.8, 4) is 11.3 Å². The Bertz CT molecular complexity index is 801. The average Bonchev–Trinajstić information content (AvgIpc) is 2.91. The molecule has 1 aliphatic heterocycles. The van der Waals surface area contributed by atoms with Gasteiger partial charge in [0.2, 0.25) is 0 Å². The zero-order valence-electron chi connectivity index (χ0n) is 11.3. The van der Waals surface area contributed by atoms with Gasteiger partial charge in [0.25, 0.3) is 11.8 Å². The highest BCUT2D eigenvalue weighted by molar-refractivity contribution is 7.80. The highest BCUT2D eigenvalue weighted by Gasteiger charge is 2.26. The van der Waals surface area contributed by atoms with Gasteiger partial charge in [-0.2, -0.15) is 0 Å². The minimum absolute atomic E-state index is 0.00737. The lowest BCUT2D eigenvalue weighted by Crippen LogP contribution is -2.51. The lowest BCUT2D eigenvalue weighted by atomic mass is 10.1. The predicted octanol–water partition coefficient (Wildman–Crippen LogP) is 1.44. The quantitative estimate of drug-likeness (QED) is 0.337. The number of carbonyl (C=O) groups excluding carboxylic acids is 2. The van der Waals surface area contributed by atoms with Gasteiger partial charge in [0.1, 0.15) is 17.1 Å². The molecule has 1 saturated heterocycles. The third-order valence-corrected chi connectivity index (χ3v) is 3.23. The summed E-state index contributed by atoms with van der Waals surface area (Å²) < 4.78 is 5.63. The molecule has 2 aromatic rings. The van der Waals surface area contributed by atoms with E-state index < -0.39 is 11.8 Å². The highest BCUT2D eigenvalue weighted by atomic mass is 32.1. The van der Waals surface area contributed by atoms with E-state index in [1.165, 1.54) is 6.08 Å². The fourth-order valence-electron chi connectivity index (χ4n) is 2.03. The summed E-state index contributed by atoms with van der Waals surface area (Å²) in [6.45, 7) is 0. The van der Waals surface area contributed by atoms with Crippen LogP contribution in [0.1, 0.15) is 5.76 Å². The van der Waals surface area contributed by atoms with Gasteiger partial charge in [-0.15, -0.1) is 0 Å². The fourth-order valence-corrected chi connectivity index (χ4v) is 2.21. The zero-order valence-corrected chi connectivity index (χ0v) is 12.1. The normalized spacial score (nSPS) is 14.5. The molecule has 7 heteroatoms. The van der Waals surface area contributed by atoms with E-state index in [1.54, 1.807) is 24.3 Å². The van der Waals surface area contributed by atoms with Crippen molar-refractivity contribution in [2.24, 2.45) is 0 Å². The van der Waals surface area contributed by atoms with Crippen LogP contribution in [0.2, 0.25) is 0 Å². The first-order valence-electron chi connectivity index (χ1n) is 6.37. The molecule has 2 heterocycles. The number of hydrogen-bond acceptors (Lipinski definition) is 5. The van der Waals surface area contributed by atoms with Crippen molar-refractivity contribution >= 4 is 40.9 Å². The maximum atomic E-state index is 11.8. The van der Waals surface area contributed by atoms with Gasteiger partial charge in [0.05, 0.1) is 0 Å². The van der Waals surface area contributed by atoms with Crippen molar-refractivity contribution in [1.29, 1.82) is 0 Å². The number of amides is 2. The van der Waals surface area contributed by atoms with Crippen LogP contribution in [0.25, 0.3) is 17.4 Å². The predicted molar refractivity (Wildman–Crippen MR) is 85.4 cm³/mol. The molecule has 0 bridgehead atoms. The number of rotatable bonds is 2. The van der Waals surface area contributed by atoms with Crippen LogP contribution in [0, 0.1) is 0 Å². The van der Waals surface area contributed by atoms with Crippen LogP contribution in [0.4, 0.5) is 5.69 Å². The van der Waals surface area contributed by atoms with E-state index in [1.807, 2.05) is 12.1 Å². The molecule has 0 aliphatic carbocycles. The summed E-state index contributed by atoms with van der Waals surface area (Å²) in [5.41, 5.74) is 7.09. The number of hydrogen-bond donors (Lipinski definition) is 3. The molecule has 110 valence electrons. The Morgan fingerprint density at radius 3 is 2.50 bits per heavy atom. The van der Waals surface area contributed by atoms with Crippen LogP contribution in [0.3, 0.4) is 0 Å². The maximum Gasteiger partial charge on any atom is 0.263 e. The molecule has 0 spiro atoms. The molecule has 2 amide bonds. The molecule has 4 N–H and O–H groups in total. The van der Waals surface area contributed by atoms with Crippen molar-refractivity contribution in [3.63, 3.8) is 0 Å². The second kappa shape index (κ2) is 5.45. The highest BCUT2D eigenvalue weighted by Crippen LogP contribution is 2.25. The minimum atomic E-state index is -0.560. The maximum absolute atomic E-state index is 11.8. The Kier molecular flexibility index (Phi) is 3.48. The van der Waals surface area contributed by atoms with Crippen LogP contribution in [-0.2, 0) is 9.59 Å². The van der Waals surface area contributed by atoms with Crippen LogP contribution >= 0.6 is 12.2 Å². The minimum Gasteiger partial charge on any atom is -0.457 e. The smallest absolute Gasteiger partial charge is 0.263 e. The standard InChI is InChI=1S/C15H11N3O3S/c16-9-3-1-2-8(6-9)12-5-4-10(21-12)7-11-13(19)17-15(22)18-14(11)20/h1-7H,16H2,(H2,17,18,19,20,22). The third-order valence-electron chi connectivity index (χ3n) is 3.03. The molecule has 0 unspecified atom stereocenters. The second-order valence-electron chi connectivity index (χ2n) is 4.62. The largest absolute Gasteiger partial charge is 0.457 e. The first kappa shape index (κ1) is 14.0. The Labute approximate surface area is 131 Å². The summed E-state index contributed by atoms with van der Waals surface area (Å²) in [4.78, 5) is 23.5. The van der Waals surface area contributed by atoms with Gasteiger partial charge in [0, 0.05) is 11.3 Å². The van der Waals surface area contributed by atoms with Gasteiger partial charge in [0.15, 0.2) is 5.11 Å². The summed E-state index contributed by atoms with van der Waals surface area (Å²) in [6, 6.07) is 10.6. The molecule has 1 aromatic heterocycles. The number of nitrogens with one attached hydrogen (secondary N) is 2. The summed E-state index contributed by atoms with van der Waals surface area (Å²) >= 11 is 4.73. The van der Waals surface area contributed by atoms with Crippen LogP contribution in [0.5, 0.6) is 0 Å².